The molecular weight excluding hydrogens is 356 g/mol. The van der Waals surface area contributed by atoms with Crippen LogP contribution in [-0.2, 0) is 19.6 Å². The van der Waals surface area contributed by atoms with Gasteiger partial charge in [0, 0.05) is 19.0 Å². The van der Waals surface area contributed by atoms with Gasteiger partial charge in [0.05, 0.1) is 4.90 Å². The Hall–Kier alpha value is -1.93. The average Bonchev–Trinajstić information content (AvgIpc) is 2.65. The molecule has 0 unspecified atom stereocenters. The van der Waals surface area contributed by atoms with Gasteiger partial charge in [-0.25, -0.2) is 13.2 Å². The molecule has 1 aliphatic rings. The molecule has 1 aromatic rings. The zero-order valence-corrected chi connectivity index (χ0v) is 15.9. The smallest absolute Gasteiger partial charge is 0.326 e. The number of amides is 1. The molecule has 1 aromatic carbocycles. The molecule has 7 nitrogen and oxygen atoms in total. The van der Waals surface area contributed by atoms with Gasteiger partial charge < -0.3 is 10.4 Å². The fourth-order valence-corrected chi connectivity index (χ4v) is 4.54. The zero-order valence-electron chi connectivity index (χ0n) is 15.1. The van der Waals surface area contributed by atoms with Crippen LogP contribution in [0.5, 0.6) is 0 Å². The summed E-state index contributed by atoms with van der Waals surface area (Å²) in [5.41, 5.74) is 0. The van der Waals surface area contributed by atoms with E-state index in [0.717, 1.165) is 0 Å². The van der Waals surface area contributed by atoms with E-state index in [1.807, 2.05) is 6.92 Å². The lowest BCUT2D eigenvalue weighted by molar-refractivity contribution is -0.144. The van der Waals surface area contributed by atoms with E-state index in [-0.39, 0.29) is 35.7 Å². The van der Waals surface area contributed by atoms with E-state index in [2.05, 4.69) is 5.32 Å². The van der Waals surface area contributed by atoms with Crippen LogP contribution in [0.15, 0.2) is 35.2 Å². The molecule has 1 heterocycles. The Morgan fingerprint density at radius 1 is 1.23 bits per heavy atom. The number of sulfonamides is 1. The molecule has 0 radical (unpaired) electrons. The largest absolute Gasteiger partial charge is 0.480 e. The number of nitrogens with zero attached hydrogens (tertiary/aromatic N) is 1. The maximum Gasteiger partial charge on any atom is 0.326 e. The van der Waals surface area contributed by atoms with Crippen molar-refractivity contribution < 1.29 is 23.1 Å². The van der Waals surface area contributed by atoms with Crippen LogP contribution in [0.4, 0.5) is 0 Å². The van der Waals surface area contributed by atoms with Crippen molar-refractivity contribution in [1.29, 1.82) is 0 Å². The lowest BCUT2D eigenvalue weighted by Gasteiger charge is -2.31. The molecule has 1 fully saturated rings. The number of carboxylic acid groups (broad SMARTS) is 1. The van der Waals surface area contributed by atoms with Crippen molar-refractivity contribution in [2.24, 2.45) is 11.8 Å². The van der Waals surface area contributed by atoms with Gasteiger partial charge in [0.25, 0.3) is 0 Å². The number of aliphatic carboxylic acids is 1. The summed E-state index contributed by atoms with van der Waals surface area (Å²) in [4.78, 5) is 24.0. The van der Waals surface area contributed by atoms with Gasteiger partial charge in [0.2, 0.25) is 15.9 Å². The van der Waals surface area contributed by atoms with E-state index in [4.69, 9.17) is 0 Å². The normalized spacial score (nSPS) is 18.8. The molecule has 0 spiro atoms. The zero-order chi connectivity index (χ0) is 19.3. The second-order valence-corrected chi connectivity index (χ2v) is 8.64. The number of hydrogen-bond acceptors (Lipinski definition) is 4. The first-order valence-electron chi connectivity index (χ1n) is 8.85. The number of piperidine rings is 1. The second kappa shape index (κ2) is 8.64. The van der Waals surface area contributed by atoms with E-state index >= 15 is 0 Å². The van der Waals surface area contributed by atoms with Crippen molar-refractivity contribution in [3.8, 4) is 0 Å². The topological polar surface area (TPSA) is 104 Å². The predicted molar refractivity (Wildman–Crippen MR) is 96.9 cm³/mol. The third-order valence-corrected chi connectivity index (χ3v) is 6.90. The van der Waals surface area contributed by atoms with Crippen molar-refractivity contribution >= 4 is 21.9 Å². The van der Waals surface area contributed by atoms with Crippen LogP contribution in [-0.4, -0.2) is 48.8 Å². The average molecular weight is 382 g/mol. The van der Waals surface area contributed by atoms with Gasteiger partial charge in [-0.15, -0.1) is 0 Å². The Kier molecular flexibility index (Phi) is 6.77. The van der Waals surface area contributed by atoms with Crippen molar-refractivity contribution in [3.63, 3.8) is 0 Å². The summed E-state index contributed by atoms with van der Waals surface area (Å²) in [5.74, 6) is -1.90. The number of nitrogens with one attached hydrogen (secondary N) is 1. The number of carboxylic acids is 1. The van der Waals surface area contributed by atoms with Crippen molar-refractivity contribution in [1.82, 2.24) is 9.62 Å². The van der Waals surface area contributed by atoms with Gasteiger partial charge in [-0.2, -0.15) is 4.31 Å². The van der Waals surface area contributed by atoms with E-state index in [1.54, 1.807) is 37.3 Å². The number of benzene rings is 1. The van der Waals surface area contributed by atoms with E-state index in [0.29, 0.717) is 19.3 Å². The van der Waals surface area contributed by atoms with E-state index in [1.165, 1.54) is 4.31 Å². The van der Waals surface area contributed by atoms with Crippen LogP contribution >= 0.6 is 0 Å². The molecule has 2 rings (SSSR count). The third kappa shape index (κ3) is 4.62. The third-order valence-electron chi connectivity index (χ3n) is 4.98. The molecule has 0 aromatic heterocycles. The Labute approximate surface area is 154 Å². The minimum atomic E-state index is -3.56. The van der Waals surface area contributed by atoms with E-state index < -0.39 is 22.0 Å². The molecule has 1 amide bonds. The molecule has 26 heavy (non-hydrogen) atoms. The monoisotopic (exact) mass is 382 g/mol. The molecular formula is C18H26N2O5S. The highest BCUT2D eigenvalue weighted by Crippen LogP contribution is 2.24. The van der Waals surface area contributed by atoms with Crippen molar-refractivity contribution in [3.05, 3.63) is 30.3 Å². The number of carbonyl (C=O) groups excluding carboxylic acids is 1. The van der Waals surface area contributed by atoms with Gasteiger partial charge in [-0.3, -0.25) is 4.79 Å². The Balaban J connectivity index is 1.97. The molecule has 144 valence electrons. The van der Waals surface area contributed by atoms with Crippen molar-refractivity contribution in [2.45, 2.75) is 44.0 Å². The summed E-state index contributed by atoms with van der Waals surface area (Å²) < 4.78 is 26.6. The summed E-state index contributed by atoms with van der Waals surface area (Å²) in [6.07, 6.45) is 1.40. The first-order chi connectivity index (χ1) is 12.3. The minimum Gasteiger partial charge on any atom is -0.480 e. The molecule has 1 saturated heterocycles. The fourth-order valence-electron chi connectivity index (χ4n) is 3.05. The quantitative estimate of drug-likeness (QED) is 0.747. The van der Waals surface area contributed by atoms with Crippen LogP contribution in [0.25, 0.3) is 0 Å². The molecule has 2 N–H and O–H groups in total. The van der Waals surface area contributed by atoms with Gasteiger partial charge in [0.1, 0.15) is 6.04 Å². The second-order valence-electron chi connectivity index (χ2n) is 6.70. The highest BCUT2D eigenvalue weighted by atomic mass is 32.2. The Bertz CT molecular complexity index is 727. The molecule has 0 aliphatic carbocycles. The first-order valence-corrected chi connectivity index (χ1v) is 10.3. The summed E-state index contributed by atoms with van der Waals surface area (Å²) in [6.45, 7) is 4.15. The molecule has 0 saturated carbocycles. The fraction of sp³-hybridized carbons (Fsp3) is 0.556. The van der Waals surface area contributed by atoms with Crippen LogP contribution in [0.1, 0.15) is 33.1 Å². The van der Waals surface area contributed by atoms with Crippen LogP contribution < -0.4 is 5.32 Å². The lowest BCUT2D eigenvalue weighted by atomic mass is 9.94. The summed E-state index contributed by atoms with van der Waals surface area (Å²) in [7, 11) is -3.56. The van der Waals surface area contributed by atoms with Crippen molar-refractivity contribution in [2.75, 3.05) is 13.1 Å². The Morgan fingerprint density at radius 2 is 1.81 bits per heavy atom. The van der Waals surface area contributed by atoms with Gasteiger partial charge >= 0.3 is 5.97 Å². The summed E-state index contributed by atoms with van der Waals surface area (Å²) in [5, 5.41) is 11.9. The molecule has 1 aliphatic heterocycles. The molecule has 8 heteroatoms. The number of hydrogen-bond donors (Lipinski definition) is 2. The van der Waals surface area contributed by atoms with Crippen LogP contribution in [0.2, 0.25) is 0 Å². The summed E-state index contributed by atoms with van der Waals surface area (Å²) in [6, 6.07) is 7.29. The minimum absolute atomic E-state index is 0.171. The lowest BCUT2D eigenvalue weighted by Crippen LogP contribution is -2.49. The highest BCUT2D eigenvalue weighted by Gasteiger charge is 2.34. The standard InChI is InChI=1S/C18H26N2O5S/c1-3-13(2)16(18(22)23)19-17(21)14-9-11-20(12-10-14)26(24,25)15-7-5-4-6-8-15/h4-8,13-14,16H,3,9-12H2,1-2H3,(H,19,21)(H,22,23)/t13-,16+/m0/s1. The molecule has 0 bridgehead atoms. The van der Waals surface area contributed by atoms with Crippen LogP contribution in [0, 0.1) is 11.8 Å². The SMILES string of the molecule is CC[C@H](C)[C@@H](NC(=O)C1CCN(S(=O)(=O)c2ccccc2)CC1)C(=O)O. The maximum absolute atomic E-state index is 12.6. The first kappa shape index (κ1) is 20.4. The predicted octanol–water partition coefficient (Wildman–Crippen LogP) is 1.70. The highest BCUT2D eigenvalue weighted by molar-refractivity contribution is 7.89. The summed E-state index contributed by atoms with van der Waals surface area (Å²) >= 11 is 0. The molecule has 2 atom stereocenters. The Morgan fingerprint density at radius 3 is 2.31 bits per heavy atom. The van der Waals surface area contributed by atoms with E-state index in [9.17, 15) is 23.1 Å². The van der Waals surface area contributed by atoms with Gasteiger partial charge in [-0.05, 0) is 30.9 Å². The van der Waals surface area contributed by atoms with Gasteiger partial charge in [-0.1, -0.05) is 38.5 Å². The van der Waals surface area contributed by atoms with Gasteiger partial charge in [0.15, 0.2) is 0 Å². The maximum atomic E-state index is 12.6. The number of carbonyl (C=O) groups is 2. The van der Waals surface area contributed by atoms with Crippen LogP contribution in [0.3, 0.4) is 0 Å². The number of rotatable bonds is 7.